The van der Waals surface area contributed by atoms with Gasteiger partial charge in [0.2, 0.25) is 0 Å². The number of unbranched alkanes of at least 4 members (excludes halogenated alkanes) is 4. The van der Waals surface area contributed by atoms with Crippen molar-refractivity contribution in [2.24, 2.45) is 0 Å². The van der Waals surface area contributed by atoms with E-state index >= 15 is 0 Å². The molecule has 1 aromatic rings. The maximum absolute atomic E-state index is 3.79. The molecule has 0 spiro atoms. The SMILES string of the molecule is CCCCCc1[nH]c2c(c1CCCCC)CCCC2. The molecule has 0 aromatic carbocycles. The molecule has 0 amide bonds. The van der Waals surface area contributed by atoms with Crippen LogP contribution >= 0.6 is 0 Å². The van der Waals surface area contributed by atoms with Gasteiger partial charge in [-0.15, -0.1) is 0 Å². The van der Waals surface area contributed by atoms with Crippen molar-refractivity contribution in [1.82, 2.24) is 4.98 Å². The Hall–Kier alpha value is -0.720. The Morgan fingerprint density at radius 1 is 0.842 bits per heavy atom. The lowest BCUT2D eigenvalue weighted by atomic mass is 9.91. The predicted octanol–water partition coefficient (Wildman–Crippen LogP) is 5.36. The van der Waals surface area contributed by atoms with Crippen LogP contribution in [0.1, 0.15) is 87.7 Å². The summed E-state index contributed by atoms with van der Waals surface area (Å²) in [6, 6.07) is 0. The van der Waals surface area contributed by atoms with Crippen LogP contribution in [-0.2, 0) is 25.7 Å². The molecule has 1 nitrogen and oxygen atoms in total. The van der Waals surface area contributed by atoms with Crippen LogP contribution in [0.5, 0.6) is 0 Å². The van der Waals surface area contributed by atoms with Crippen molar-refractivity contribution in [3.63, 3.8) is 0 Å². The van der Waals surface area contributed by atoms with Gasteiger partial charge >= 0.3 is 0 Å². The Labute approximate surface area is 119 Å². The summed E-state index contributed by atoms with van der Waals surface area (Å²) in [4.78, 5) is 3.79. The summed E-state index contributed by atoms with van der Waals surface area (Å²) in [7, 11) is 0. The van der Waals surface area contributed by atoms with E-state index in [9.17, 15) is 0 Å². The molecule has 1 aliphatic carbocycles. The Morgan fingerprint density at radius 2 is 1.53 bits per heavy atom. The lowest BCUT2D eigenvalue weighted by Gasteiger charge is -2.13. The quantitative estimate of drug-likeness (QED) is 0.606. The van der Waals surface area contributed by atoms with Gasteiger partial charge in [0, 0.05) is 11.4 Å². The number of fused-ring (bicyclic) bond motifs is 1. The largest absolute Gasteiger partial charge is 0.362 e. The smallest absolute Gasteiger partial charge is 0.0184 e. The highest BCUT2D eigenvalue weighted by Gasteiger charge is 2.19. The molecule has 0 saturated heterocycles. The van der Waals surface area contributed by atoms with E-state index in [-0.39, 0.29) is 0 Å². The summed E-state index contributed by atoms with van der Waals surface area (Å²) in [5.74, 6) is 0. The second kappa shape index (κ2) is 7.77. The molecular formula is C18H31N. The molecule has 1 aliphatic rings. The number of aromatic amines is 1. The first kappa shape index (κ1) is 14.7. The van der Waals surface area contributed by atoms with Crippen LogP contribution < -0.4 is 0 Å². The van der Waals surface area contributed by atoms with Gasteiger partial charge in [-0.2, -0.15) is 0 Å². The molecule has 0 bridgehead atoms. The molecule has 2 rings (SSSR count). The van der Waals surface area contributed by atoms with E-state index < -0.39 is 0 Å². The molecule has 1 N–H and O–H groups in total. The summed E-state index contributed by atoms with van der Waals surface area (Å²) in [6.45, 7) is 4.59. The van der Waals surface area contributed by atoms with Gasteiger partial charge in [-0.1, -0.05) is 39.5 Å². The highest BCUT2D eigenvalue weighted by atomic mass is 14.7. The fourth-order valence-electron chi connectivity index (χ4n) is 3.43. The fraction of sp³-hybridized carbons (Fsp3) is 0.778. The average Bonchev–Trinajstić information content (AvgIpc) is 2.78. The third-order valence-electron chi connectivity index (χ3n) is 4.56. The van der Waals surface area contributed by atoms with Crippen LogP contribution in [0.2, 0.25) is 0 Å². The lowest BCUT2D eigenvalue weighted by Crippen LogP contribution is -2.02. The van der Waals surface area contributed by atoms with Crippen molar-refractivity contribution in [1.29, 1.82) is 0 Å². The Balaban J connectivity index is 2.07. The number of H-pyrrole nitrogens is 1. The first-order chi connectivity index (χ1) is 9.36. The van der Waals surface area contributed by atoms with Crippen LogP contribution in [0.4, 0.5) is 0 Å². The molecule has 0 fully saturated rings. The van der Waals surface area contributed by atoms with E-state index in [1.165, 1.54) is 77.0 Å². The van der Waals surface area contributed by atoms with E-state index in [2.05, 4.69) is 18.8 Å². The first-order valence-corrected chi connectivity index (χ1v) is 8.58. The van der Waals surface area contributed by atoms with E-state index in [0.717, 1.165) is 0 Å². The number of hydrogen-bond donors (Lipinski definition) is 1. The summed E-state index contributed by atoms with van der Waals surface area (Å²) in [6.07, 6.45) is 16.2. The molecule has 0 saturated carbocycles. The van der Waals surface area contributed by atoms with Gasteiger partial charge in [-0.25, -0.2) is 0 Å². The van der Waals surface area contributed by atoms with Gasteiger partial charge in [0.15, 0.2) is 0 Å². The Bertz CT molecular complexity index is 375. The second-order valence-corrected chi connectivity index (χ2v) is 6.16. The molecule has 1 aromatic heterocycles. The van der Waals surface area contributed by atoms with E-state index in [4.69, 9.17) is 0 Å². The van der Waals surface area contributed by atoms with Crippen molar-refractivity contribution in [2.75, 3.05) is 0 Å². The van der Waals surface area contributed by atoms with Crippen molar-refractivity contribution < 1.29 is 0 Å². The molecule has 19 heavy (non-hydrogen) atoms. The summed E-state index contributed by atoms with van der Waals surface area (Å²) in [5.41, 5.74) is 6.62. The first-order valence-electron chi connectivity index (χ1n) is 8.58. The van der Waals surface area contributed by atoms with Crippen molar-refractivity contribution in [3.8, 4) is 0 Å². The van der Waals surface area contributed by atoms with Crippen LogP contribution in [0.25, 0.3) is 0 Å². The molecule has 1 heteroatoms. The number of aromatic nitrogens is 1. The monoisotopic (exact) mass is 261 g/mol. The summed E-state index contributed by atoms with van der Waals surface area (Å²) >= 11 is 0. The zero-order valence-corrected chi connectivity index (χ0v) is 13.0. The normalized spacial score (nSPS) is 14.6. The molecule has 108 valence electrons. The van der Waals surface area contributed by atoms with Crippen LogP contribution in [-0.4, -0.2) is 4.98 Å². The second-order valence-electron chi connectivity index (χ2n) is 6.16. The molecule has 0 unspecified atom stereocenters. The van der Waals surface area contributed by atoms with Gasteiger partial charge in [0.05, 0.1) is 0 Å². The standard InChI is InChI=1S/C18H31N/c1-3-5-7-11-15-16-12-9-10-14-18(16)19-17(15)13-8-6-4-2/h19H,3-14H2,1-2H3. The summed E-state index contributed by atoms with van der Waals surface area (Å²) in [5, 5.41) is 0. The van der Waals surface area contributed by atoms with Gasteiger partial charge in [0.1, 0.15) is 0 Å². The molecule has 0 radical (unpaired) electrons. The van der Waals surface area contributed by atoms with Crippen LogP contribution in [0.3, 0.4) is 0 Å². The van der Waals surface area contributed by atoms with E-state index in [0.29, 0.717) is 0 Å². The maximum Gasteiger partial charge on any atom is 0.0184 e. The van der Waals surface area contributed by atoms with Gasteiger partial charge in [-0.05, 0) is 62.5 Å². The highest BCUT2D eigenvalue weighted by molar-refractivity contribution is 5.39. The van der Waals surface area contributed by atoms with Crippen molar-refractivity contribution in [3.05, 3.63) is 22.5 Å². The maximum atomic E-state index is 3.79. The number of rotatable bonds is 8. The van der Waals surface area contributed by atoms with E-state index in [1.54, 1.807) is 22.5 Å². The minimum Gasteiger partial charge on any atom is -0.362 e. The van der Waals surface area contributed by atoms with Gasteiger partial charge in [0.25, 0.3) is 0 Å². The molecule has 0 atom stereocenters. The van der Waals surface area contributed by atoms with E-state index in [1.807, 2.05) is 0 Å². The minimum absolute atomic E-state index is 1.28. The number of nitrogens with one attached hydrogen (secondary N) is 1. The van der Waals surface area contributed by atoms with Crippen LogP contribution in [0.15, 0.2) is 0 Å². The third-order valence-corrected chi connectivity index (χ3v) is 4.56. The predicted molar refractivity (Wildman–Crippen MR) is 83.9 cm³/mol. The van der Waals surface area contributed by atoms with Crippen molar-refractivity contribution in [2.45, 2.75) is 90.9 Å². The van der Waals surface area contributed by atoms with Crippen LogP contribution in [0, 0.1) is 0 Å². The third kappa shape index (κ3) is 3.87. The number of hydrogen-bond acceptors (Lipinski definition) is 0. The molecule has 0 aliphatic heterocycles. The van der Waals surface area contributed by atoms with Gasteiger partial charge < -0.3 is 4.98 Å². The fourth-order valence-corrected chi connectivity index (χ4v) is 3.43. The Morgan fingerprint density at radius 3 is 2.26 bits per heavy atom. The van der Waals surface area contributed by atoms with Crippen molar-refractivity contribution >= 4 is 0 Å². The average molecular weight is 261 g/mol. The summed E-state index contributed by atoms with van der Waals surface area (Å²) < 4.78 is 0. The number of aryl methyl sites for hydroxylation is 2. The topological polar surface area (TPSA) is 15.8 Å². The highest BCUT2D eigenvalue weighted by Crippen LogP contribution is 2.29. The zero-order valence-electron chi connectivity index (χ0n) is 13.0. The lowest BCUT2D eigenvalue weighted by molar-refractivity contribution is 0.665. The zero-order chi connectivity index (χ0) is 13.5. The van der Waals surface area contributed by atoms with Gasteiger partial charge in [-0.3, -0.25) is 0 Å². The minimum atomic E-state index is 1.28. The Kier molecular flexibility index (Phi) is 6.00. The molecular weight excluding hydrogens is 230 g/mol. The molecule has 1 heterocycles.